The molecular weight excluding hydrogens is 310 g/mol. The number of hydrogen-bond acceptors (Lipinski definition) is 3. The number of methoxy groups -OCH3 is 1. The average Bonchev–Trinajstić information content (AvgIpc) is 2.75. The van der Waals surface area contributed by atoms with Crippen molar-refractivity contribution in [2.45, 2.75) is 58.6 Å². The van der Waals surface area contributed by atoms with Crippen molar-refractivity contribution in [3.05, 3.63) is 53.1 Å². The second-order valence-electron chi connectivity index (χ2n) is 6.86. The van der Waals surface area contributed by atoms with Gasteiger partial charge in [-0.3, -0.25) is 4.90 Å². The molecule has 2 unspecified atom stereocenters. The Hall–Kier alpha value is -1.58. The highest BCUT2D eigenvalue weighted by atomic mass is 16.5. The van der Waals surface area contributed by atoms with Gasteiger partial charge in [-0.1, -0.05) is 29.9 Å². The van der Waals surface area contributed by atoms with Crippen LogP contribution in [-0.4, -0.2) is 36.2 Å². The standard InChI is InChI=1S/C22H33NO2/c1-5-9-18(6-2)10-7-8-14-23-15-13-19-16-20(25-4)11-12-21(19)22(24)17(23)3/h5-6,9,11-12,16-17,22,24H,7-8,10,13-15H2,1-4H3. The summed E-state index contributed by atoms with van der Waals surface area (Å²) in [7, 11) is 1.69. The number of aliphatic hydroxyl groups excluding tert-OH is 1. The quantitative estimate of drug-likeness (QED) is 0.577. The molecule has 1 aliphatic heterocycles. The Bertz CT molecular complexity index is 606. The largest absolute Gasteiger partial charge is 0.497 e. The maximum atomic E-state index is 10.8. The summed E-state index contributed by atoms with van der Waals surface area (Å²) < 4.78 is 5.34. The monoisotopic (exact) mass is 343 g/mol. The summed E-state index contributed by atoms with van der Waals surface area (Å²) in [5.74, 6) is 0.870. The molecule has 3 nitrogen and oxygen atoms in total. The number of ether oxygens (including phenoxy) is 1. The topological polar surface area (TPSA) is 32.7 Å². The van der Waals surface area contributed by atoms with Crippen LogP contribution in [0.15, 0.2) is 42.0 Å². The van der Waals surface area contributed by atoms with Gasteiger partial charge in [0.1, 0.15) is 5.75 Å². The molecule has 1 aromatic rings. The zero-order chi connectivity index (χ0) is 18.2. The normalized spacial score (nSPS) is 22.0. The summed E-state index contributed by atoms with van der Waals surface area (Å²) in [5, 5.41) is 10.8. The lowest BCUT2D eigenvalue weighted by Gasteiger charge is -2.30. The Morgan fingerprint density at radius 1 is 1.32 bits per heavy atom. The Kier molecular flexibility index (Phi) is 7.73. The van der Waals surface area contributed by atoms with Crippen molar-refractivity contribution < 1.29 is 9.84 Å². The Morgan fingerprint density at radius 2 is 2.12 bits per heavy atom. The molecule has 0 fully saturated rings. The van der Waals surface area contributed by atoms with E-state index in [4.69, 9.17) is 4.74 Å². The summed E-state index contributed by atoms with van der Waals surface area (Å²) in [6, 6.07) is 6.19. The number of nitrogens with zero attached hydrogens (tertiary/aromatic N) is 1. The molecule has 0 saturated carbocycles. The Labute approximate surface area is 153 Å². The van der Waals surface area contributed by atoms with E-state index < -0.39 is 6.10 Å². The first-order chi connectivity index (χ1) is 12.1. The average molecular weight is 344 g/mol. The van der Waals surface area contributed by atoms with Gasteiger partial charge in [0.15, 0.2) is 0 Å². The van der Waals surface area contributed by atoms with Gasteiger partial charge in [0.05, 0.1) is 13.2 Å². The molecule has 0 saturated heterocycles. The van der Waals surface area contributed by atoms with Crippen LogP contribution in [0.4, 0.5) is 0 Å². The van der Waals surface area contributed by atoms with E-state index in [1.807, 2.05) is 12.1 Å². The van der Waals surface area contributed by atoms with Crippen LogP contribution >= 0.6 is 0 Å². The van der Waals surface area contributed by atoms with Crippen LogP contribution in [0.2, 0.25) is 0 Å². The molecule has 0 radical (unpaired) electrons. The Morgan fingerprint density at radius 3 is 2.80 bits per heavy atom. The maximum absolute atomic E-state index is 10.8. The van der Waals surface area contributed by atoms with E-state index in [1.54, 1.807) is 7.11 Å². The van der Waals surface area contributed by atoms with Gasteiger partial charge in [-0.2, -0.15) is 0 Å². The lowest BCUT2D eigenvalue weighted by molar-refractivity contribution is 0.0635. The fraction of sp³-hybridized carbons (Fsp3) is 0.545. The first kappa shape index (κ1) is 19.7. The van der Waals surface area contributed by atoms with Crippen molar-refractivity contribution in [3.63, 3.8) is 0 Å². The number of rotatable bonds is 7. The zero-order valence-electron chi connectivity index (χ0n) is 16.2. The van der Waals surface area contributed by atoms with Gasteiger partial charge >= 0.3 is 0 Å². The summed E-state index contributed by atoms with van der Waals surface area (Å²) in [4.78, 5) is 2.43. The third-order valence-corrected chi connectivity index (χ3v) is 5.28. The van der Waals surface area contributed by atoms with Crippen molar-refractivity contribution in [2.75, 3.05) is 20.2 Å². The third kappa shape index (κ3) is 5.20. The maximum Gasteiger partial charge on any atom is 0.119 e. The molecular formula is C22H33NO2. The first-order valence-electron chi connectivity index (χ1n) is 9.47. The van der Waals surface area contributed by atoms with E-state index in [-0.39, 0.29) is 6.04 Å². The predicted octanol–water partition coefficient (Wildman–Crippen LogP) is 4.67. The molecule has 0 amide bonds. The lowest BCUT2D eigenvalue weighted by Crippen LogP contribution is -2.37. The molecule has 25 heavy (non-hydrogen) atoms. The van der Waals surface area contributed by atoms with Crippen molar-refractivity contribution in [3.8, 4) is 5.75 Å². The third-order valence-electron chi connectivity index (χ3n) is 5.28. The fourth-order valence-electron chi connectivity index (χ4n) is 3.64. The molecule has 1 heterocycles. The van der Waals surface area contributed by atoms with Gasteiger partial charge < -0.3 is 9.84 Å². The molecule has 0 bridgehead atoms. The van der Waals surface area contributed by atoms with E-state index in [9.17, 15) is 5.11 Å². The molecule has 1 aliphatic rings. The molecule has 1 N–H and O–H groups in total. The van der Waals surface area contributed by atoms with E-state index in [2.05, 4.69) is 50.0 Å². The van der Waals surface area contributed by atoms with E-state index in [0.29, 0.717) is 0 Å². The molecule has 138 valence electrons. The first-order valence-corrected chi connectivity index (χ1v) is 9.47. The fourth-order valence-corrected chi connectivity index (χ4v) is 3.64. The highest BCUT2D eigenvalue weighted by molar-refractivity contribution is 5.38. The molecule has 2 rings (SSSR count). The van der Waals surface area contributed by atoms with Crippen molar-refractivity contribution in [1.82, 2.24) is 4.90 Å². The number of aliphatic hydroxyl groups is 1. The lowest BCUT2D eigenvalue weighted by atomic mass is 9.98. The van der Waals surface area contributed by atoms with Gasteiger partial charge in [-0.25, -0.2) is 0 Å². The smallest absolute Gasteiger partial charge is 0.119 e. The zero-order valence-corrected chi connectivity index (χ0v) is 16.2. The molecule has 3 heteroatoms. The highest BCUT2D eigenvalue weighted by Crippen LogP contribution is 2.31. The van der Waals surface area contributed by atoms with Gasteiger partial charge in [-0.05, 0) is 76.3 Å². The molecule has 2 atom stereocenters. The minimum atomic E-state index is -0.433. The minimum absolute atomic E-state index is 0.145. The van der Waals surface area contributed by atoms with Crippen LogP contribution < -0.4 is 4.74 Å². The van der Waals surface area contributed by atoms with Crippen molar-refractivity contribution in [1.29, 1.82) is 0 Å². The van der Waals surface area contributed by atoms with Crippen molar-refractivity contribution >= 4 is 0 Å². The van der Waals surface area contributed by atoms with Crippen LogP contribution in [0.3, 0.4) is 0 Å². The molecule has 0 aliphatic carbocycles. The molecule has 0 spiro atoms. The van der Waals surface area contributed by atoms with Gasteiger partial charge in [0.2, 0.25) is 0 Å². The second kappa shape index (κ2) is 9.79. The van der Waals surface area contributed by atoms with Gasteiger partial charge in [-0.15, -0.1) is 0 Å². The van der Waals surface area contributed by atoms with E-state index in [1.165, 1.54) is 17.6 Å². The van der Waals surface area contributed by atoms with E-state index in [0.717, 1.165) is 43.7 Å². The molecule has 0 aromatic heterocycles. The van der Waals surface area contributed by atoms with Crippen LogP contribution in [-0.2, 0) is 6.42 Å². The number of unbranched alkanes of at least 4 members (excludes halogenated alkanes) is 1. The van der Waals surface area contributed by atoms with Crippen LogP contribution in [0.25, 0.3) is 0 Å². The summed E-state index contributed by atoms with van der Waals surface area (Å²) in [5.41, 5.74) is 3.68. The van der Waals surface area contributed by atoms with Crippen LogP contribution in [0.1, 0.15) is 57.3 Å². The summed E-state index contributed by atoms with van der Waals surface area (Å²) in [6.07, 6.45) is 10.5. The number of benzene rings is 1. The summed E-state index contributed by atoms with van der Waals surface area (Å²) >= 11 is 0. The summed E-state index contributed by atoms with van der Waals surface area (Å²) in [6.45, 7) is 8.34. The van der Waals surface area contributed by atoms with Crippen LogP contribution in [0, 0.1) is 0 Å². The number of allylic oxidation sites excluding steroid dienone is 4. The SMILES string of the molecule is CC=CC(=CC)CCCCN1CCc2cc(OC)ccc2C(O)C1C. The van der Waals surface area contributed by atoms with Crippen molar-refractivity contribution in [2.24, 2.45) is 0 Å². The van der Waals surface area contributed by atoms with Gasteiger partial charge in [0, 0.05) is 12.6 Å². The highest BCUT2D eigenvalue weighted by Gasteiger charge is 2.28. The predicted molar refractivity (Wildman–Crippen MR) is 105 cm³/mol. The van der Waals surface area contributed by atoms with Crippen LogP contribution in [0.5, 0.6) is 5.75 Å². The van der Waals surface area contributed by atoms with Gasteiger partial charge in [0.25, 0.3) is 0 Å². The second-order valence-corrected chi connectivity index (χ2v) is 6.86. The number of fused-ring (bicyclic) bond motifs is 1. The molecule has 1 aromatic carbocycles. The minimum Gasteiger partial charge on any atom is -0.497 e. The van der Waals surface area contributed by atoms with E-state index >= 15 is 0 Å². The Balaban J connectivity index is 1.93. The number of hydrogen-bond donors (Lipinski definition) is 1.